The summed E-state index contributed by atoms with van der Waals surface area (Å²) in [7, 11) is 0. The summed E-state index contributed by atoms with van der Waals surface area (Å²) in [6.45, 7) is 10.7. The molecule has 0 bridgehead atoms. The van der Waals surface area contributed by atoms with Gasteiger partial charge in [-0.3, -0.25) is 0 Å². The molecule has 0 fully saturated rings. The normalized spacial score (nSPS) is 16.9. The van der Waals surface area contributed by atoms with Gasteiger partial charge < -0.3 is 22.0 Å². The first kappa shape index (κ1) is 14.0. The number of halogens is 1. The Bertz CT molecular complexity index is 531. The molecule has 0 aromatic carbocycles. The summed E-state index contributed by atoms with van der Waals surface area (Å²) in [4.78, 5) is 6.72. The average molecular weight is 295 g/mol. The summed E-state index contributed by atoms with van der Waals surface area (Å²) >= 11 is 0. The quantitative estimate of drug-likeness (QED) is 0.651. The van der Waals surface area contributed by atoms with Gasteiger partial charge in [0, 0.05) is 28.6 Å². The molecule has 2 N–H and O–H groups in total. The van der Waals surface area contributed by atoms with Crippen LogP contribution in [0.1, 0.15) is 36.4 Å². The first-order chi connectivity index (χ1) is 7.50. The summed E-state index contributed by atoms with van der Waals surface area (Å²) in [5.74, 6) is 0. The molecule has 1 aromatic rings. The number of hydrogen-bond acceptors (Lipinski definition) is 0. The van der Waals surface area contributed by atoms with E-state index in [1.807, 2.05) is 0 Å². The zero-order valence-electron chi connectivity index (χ0n) is 11.0. The number of rotatable bonds is 1. The number of aromatic amines is 1. The second kappa shape index (κ2) is 5.05. The molecule has 1 aromatic heterocycles. The number of H-pyrrole nitrogens is 1. The van der Waals surface area contributed by atoms with Gasteiger partial charge in [-0.15, -0.1) is 0 Å². The summed E-state index contributed by atoms with van der Waals surface area (Å²) in [5.41, 5.74) is 8.98. The van der Waals surface area contributed by atoms with Crippen LogP contribution in [0.5, 0.6) is 0 Å². The number of aryl methyl sites for hydroxylation is 1. The van der Waals surface area contributed by atoms with Gasteiger partial charge in [0.25, 0.3) is 0 Å². The fourth-order valence-corrected chi connectivity index (χ4v) is 1.93. The van der Waals surface area contributed by atoms with Gasteiger partial charge in [-0.2, -0.15) is 0 Å². The van der Waals surface area contributed by atoms with Crippen LogP contribution in [0.25, 0.3) is 6.08 Å². The molecule has 17 heavy (non-hydrogen) atoms. The van der Waals surface area contributed by atoms with E-state index in [0.29, 0.717) is 0 Å². The maximum absolute atomic E-state index is 3.42. The van der Waals surface area contributed by atoms with Crippen molar-refractivity contribution in [1.82, 2.24) is 4.98 Å². The molecule has 2 rings (SSSR count). The maximum atomic E-state index is 3.42. The summed E-state index contributed by atoms with van der Waals surface area (Å²) < 4.78 is 0. The van der Waals surface area contributed by atoms with Gasteiger partial charge in [0.1, 0.15) is 0 Å². The summed E-state index contributed by atoms with van der Waals surface area (Å²) in [6.07, 6.45) is 4.25. The van der Waals surface area contributed by atoms with E-state index in [1.54, 1.807) is 0 Å². The molecule has 0 amide bonds. The zero-order chi connectivity index (χ0) is 11.9. The van der Waals surface area contributed by atoms with Crippen LogP contribution in [0, 0.1) is 20.8 Å². The monoisotopic (exact) mass is 294 g/mol. The lowest BCUT2D eigenvalue weighted by Crippen LogP contribution is -3.00. The number of allylic oxidation sites excluding steroid dienone is 2. The van der Waals surface area contributed by atoms with Gasteiger partial charge >= 0.3 is 0 Å². The minimum Gasteiger partial charge on any atom is -1.00 e. The van der Waals surface area contributed by atoms with Crippen LogP contribution in [0.2, 0.25) is 0 Å². The van der Waals surface area contributed by atoms with E-state index < -0.39 is 0 Å². The van der Waals surface area contributed by atoms with Gasteiger partial charge in [-0.25, -0.2) is 4.99 Å². The van der Waals surface area contributed by atoms with Crippen LogP contribution in [0.4, 0.5) is 0 Å². The van der Waals surface area contributed by atoms with E-state index in [-0.39, 0.29) is 17.0 Å². The Hall–Kier alpha value is -1.09. The van der Waals surface area contributed by atoms with Crippen LogP contribution in [0.3, 0.4) is 0 Å². The molecule has 0 spiro atoms. The molecule has 1 aliphatic heterocycles. The first-order valence-corrected chi connectivity index (χ1v) is 5.65. The molecule has 3 heteroatoms. The van der Waals surface area contributed by atoms with Crippen LogP contribution < -0.4 is 22.0 Å². The van der Waals surface area contributed by atoms with Crippen molar-refractivity contribution >= 4 is 12.3 Å². The van der Waals surface area contributed by atoms with Crippen molar-refractivity contribution < 1.29 is 22.0 Å². The highest BCUT2D eigenvalue weighted by Gasteiger charge is 2.16. The van der Waals surface area contributed by atoms with Crippen molar-refractivity contribution in [3.63, 3.8) is 0 Å². The Morgan fingerprint density at radius 3 is 2.12 bits per heavy atom. The molecule has 92 valence electrons. The second-order valence-electron chi connectivity index (χ2n) is 4.57. The Morgan fingerprint density at radius 2 is 1.71 bits per heavy atom. The Morgan fingerprint density at radius 1 is 1.06 bits per heavy atom. The van der Waals surface area contributed by atoms with E-state index in [1.165, 1.54) is 39.4 Å². The predicted octanol–water partition coefficient (Wildman–Crippen LogP) is -1.21. The summed E-state index contributed by atoms with van der Waals surface area (Å²) in [6, 6.07) is 0. The molecule has 2 heterocycles. The van der Waals surface area contributed by atoms with Crippen LogP contribution in [-0.2, 0) is 0 Å². The van der Waals surface area contributed by atoms with Gasteiger partial charge in [0.15, 0.2) is 6.21 Å². The van der Waals surface area contributed by atoms with Crippen LogP contribution >= 0.6 is 0 Å². The van der Waals surface area contributed by atoms with Crippen molar-refractivity contribution in [1.29, 1.82) is 0 Å². The molecular weight excluding hydrogens is 276 g/mol. The van der Waals surface area contributed by atoms with Crippen LogP contribution in [-0.4, -0.2) is 11.2 Å². The van der Waals surface area contributed by atoms with Crippen molar-refractivity contribution in [3.8, 4) is 0 Å². The molecular formula is C14H19BrN2. The number of nitrogens with one attached hydrogen (secondary N) is 2. The highest BCUT2D eigenvalue weighted by molar-refractivity contribution is 5.80. The van der Waals surface area contributed by atoms with E-state index in [9.17, 15) is 0 Å². The lowest BCUT2D eigenvalue weighted by atomic mass is 10.1. The van der Waals surface area contributed by atoms with Gasteiger partial charge in [-0.1, -0.05) is 0 Å². The maximum Gasteiger partial charge on any atom is 0.209 e. The fraction of sp³-hybridized carbons (Fsp3) is 0.357. The molecule has 0 radical (unpaired) electrons. The molecule has 0 aliphatic carbocycles. The Balaban J connectivity index is 0.00000144. The minimum absolute atomic E-state index is 0. The van der Waals surface area contributed by atoms with E-state index in [0.717, 1.165) is 0 Å². The highest BCUT2D eigenvalue weighted by atomic mass is 79.9. The van der Waals surface area contributed by atoms with E-state index in [2.05, 4.69) is 56.9 Å². The van der Waals surface area contributed by atoms with Crippen molar-refractivity contribution in [2.75, 3.05) is 0 Å². The van der Waals surface area contributed by atoms with Crippen molar-refractivity contribution in [2.24, 2.45) is 0 Å². The third-order valence-corrected chi connectivity index (χ3v) is 3.58. The van der Waals surface area contributed by atoms with Gasteiger partial charge in [0.05, 0.1) is 0 Å². The first-order valence-electron chi connectivity index (χ1n) is 5.65. The van der Waals surface area contributed by atoms with Gasteiger partial charge in [0.2, 0.25) is 5.70 Å². The molecule has 1 aliphatic rings. The molecule has 0 saturated heterocycles. The second-order valence-corrected chi connectivity index (χ2v) is 4.57. The lowest BCUT2D eigenvalue weighted by Gasteiger charge is -1.94. The highest BCUT2D eigenvalue weighted by Crippen LogP contribution is 2.20. The number of aromatic nitrogens is 1. The third kappa shape index (κ3) is 2.44. The van der Waals surface area contributed by atoms with Crippen LogP contribution in [0.15, 0.2) is 16.8 Å². The number of hydrogen-bond donors (Lipinski definition) is 2. The molecule has 2 nitrogen and oxygen atoms in total. The molecule has 0 atom stereocenters. The Labute approximate surface area is 113 Å². The zero-order valence-corrected chi connectivity index (χ0v) is 12.6. The molecule has 0 saturated carbocycles. The van der Waals surface area contributed by atoms with E-state index in [4.69, 9.17) is 0 Å². The van der Waals surface area contributed by atoms with Gasteiger partial charge in [-0.05, 0) is 45.7 Å². The smallest absolute Gasteiger partial charge is 0.209 e. The molecule has 0 unspecified atom stereocenters. The minimum atomic E-state index is 0. The van der Waals surface area contributed by atoms with Crippen molar-refractivity contribution in [2.45, 2.75) is 34.6 Å². The topological polar surface area (TPSA) is 29.8 Å². The third-order valence-electron chi connectivity index (χ3n) is 3.58. The largest absolute Gasteiger partial charge is 1.00 e. The fourth-order valence-electron chi connectivity index (χ4n) is 1.93. The standard InChI is InChI=1S/C14H18N2.BrH/c1-8-7-15-13(9(8)2)6-14-11(4)10(3)12(5)16-14;/h6-7,16H,1-5H3;1H. The predicted molar refractivity (Wildman–Crippen MR) is 68.4 cm³/mol. The van der Waals surface area contributed by atoms with Crippen molar-refractivity contribution in [3.05, 3.63) is 39.4 Å². The summed E-state index contributed by atoms with van der Waals surface area (Å²) in [5, 5.41) is 0. The Kier molecular flexibility index (Phi) is 4.15. The average Bonchev–Trinajstić information content (AvgIpc) is 2.68. The lowest BCUT2D eigenvalue weighted by molar-refractivity contribution is -0.380. The SMILES string of the molecule is CC1=C(C)C(=Cc2[nH]c(C)c(C)c2C)[NH+]=C1.[Br-]. The van der Waals surface area contributed by atoms with E-state index >= 15 is 0 Å².